The fourth-order valence-corrected chi connectivity index (χ4v) is 5.01. The third kappa shape index (κ3) is 6.37. The maximum atomic E-state index is 14.9. The smallest absolute Gasteiger partial charge is 0.273 e. The van der Waals surface area contributed by atoms with Crippen molar-refractivity contribution in [2.75, 3.05) is 32.8 Å². The summed E-state index contributed by atoms with van der Waals surface area (Å²) in [6.45, 7) is 6.25. The Bertz CT molecular complexity index is 1080. The molecule has 2 amide bonds. The van der Waals surface area contributed by atoms with E-state index in [1.807, 2.05) is 0 Å². The van der Waals surface area contributed by atoms with Gasteiger partial charge in [0.25, 0.3) is 5.91 Å². The molecule has 1 atom stereocenters. The second kappa shape index (κ2) is 10.9. The molecule has 194 valence electrons. The molecule has 0 saturated carbocycles. The van der Waals surface area contributed by atoms with Gasteiger partial charge in [-0.05, 0) is 76.7 Å². The van der Waals surface area contributed by atoms with Gasteiger partial charge in [0, 0.05) is 36.5 Å². The predicted octanol–water partition coefficient (Wildman–Crippen LogP) is 3.82. The van der Waals surface area contributed by atoms with Gasteiger partial charge in [-0.2, -0.15) is 0 Å². The first-order chi connectivity index (χ1) is 17.1. The SMILES string of the molecule is CC(C)(F)CN1CCC(COc2ccc(-c3ccc(C(=O)N4CCCC4C(N)=O)nc3)c(F)c2)CC1. The molecule has 2 aromatic rings. The largest absolute Gasteiger partial charge is 0.493 e. The van der Waals surface area contributed by atoms with Crippen molar-refractivity contribution in [1.82, 2.24) is 14.8 Å². The summed E-state index contributed by atoms with van der Waals surface area (Å²) in [4.78, 5) is 32.1. The van der Waals surface area contributed by atoms with Crippen molar-refractivity contribution in [1.29, 1.82) is 0 Å². The fraction of sp³-hybridized carbons (Fsp3) is 0.519. The standard InChI is InChI=1S/C27H34F2N4O3/c1-27(2,29)17-32-12-9-18(10-13-32)16-36-20-6-7-21(22(28)14-20)19-5-8-23(31-15-19)26(35)33-11-3-4-24(33)25(30)34/h5-8,14-15,18,24H,3-4,9-13,16-17H2,1-2H3,(H2,30,34). The van der Waals surface area contributed by atoms with Crippen molar-refractivity contribution in [3.8, 4) is 16.9 Å². The normalized spacial score (nSPS) is 19.4. The number of carbonyl (C=O) groups excluding carboxylic acids is 2. The van der Waals surface area contributed by atoms with Crippen LogP contribution < -0.4 is 10.5 Å². The van der Waals surface area contributed by atoms with Crippen LogP contribution in [-0.2, 0) is 4.79 Å². The number of likely N-dealkylation sites (tertiary alicyclic amines) is 2. The molecule has 36 heavy (non-hydrogen) atoms. The van der Waals surface area contributed by atoms with Gasteiger partial charge in [0.1, 0.15) is 29.0 Å². The van der Waals surface area contributed by atoms with Crippen LogP contribution in [0.15, 0.2) is 36.5 Å². The summed E-state index contributed by atoms with van der Waals surface area (Å²) in [5.74, 6) is -0.512. The van der Waals surface area contributed by atoms with Crippen molar-refractivity contribution in [2.45, 2.75) is 51.2 Å². The summed E-state index contributed by atoms with van der Waals surface area (Å²) in [6.07, 6.45) is 4.56. The van der Waals surface area contributed by atoms with Crippen LogP contribution in [0.1, 0.15) is 50.0 Å². The van der Waals surface area contributed by atoms with Gasteiger partial charge >= 0.3 is 0 Å². The molecule has 0 bridgehead atoms. The number of aromatic nitrogens is 1. The van der Waals surface area contributed by atoms with E-state index < -0.39 is 23.4 Å². The van der Waals surface area contributed by atoms with E-state index in [2.05, 4.69) is 9.88 Å². The Hall–Kier alpha value is -3.07. The highest BCUT2D eigenvalue weighted by Gasteiger charge is 2.33. The Kier molecular flexibility index (Phi) is 7.88. The number of amides is 2. The third-order valence-electron chi connectivity index (χ3n) is 6.87. The number of alkyl halides is 1. The molecule has 1 aromatic heterocycles. The maximum absolute atomic E-state index is 14.9. The number of hydrogen-bond acceptors (Lipinski definition) is 5. The number of rotatable bonds is 8. The van der Waals surface area contributed by atoms with Crippen molar-refractivity contribution < 1.29 is 23.1 Å². The molecular weight excluding hydrogens is 466 g/mol. The number of primary amides is 1. The van der Waals surface area contributed by atoms with Gasteiger partial charge in [0.15, 0.2) is 0 Å². The van der Waals surface area contributed by atoms with Gasteiger partial charge in [0.05, 0.1) is 6.61 Å². The molecule has 3 heterocycles. The minimum absolute atomic E-state index is 0.188. The quantitative estimate of drug-likeness (QED) is 0.595. The maximum Gasteiger partial charge on any atom is 0.273 e. The molecule has 9 heteroatoms. The van der Waals surface area contributed by atoms with Gasteiger partial charge in [-0.1, -0.05) is 6.07 Å². The predicted molar refractivity (Wildman–Crippen MR) is 133 cm³/mol. The highest BCUT2D eigenvalue weighted by Crippen LogP contribution is 2.28. The van der Waals surface area contributed by atoms with E-state index in [1.54, 1.807) is 32.0 Å². The molecule has 2 aliphatic heterocycles. The Morgan fingerprint density at radius 3 is 2.50 bits per heavy atom. The van der Waals surface area contributed by atoms with Crippen molar-refractivity contribution in [2.24, 2.45) is 11.7 Å². The van der Waals surface area contributed by atoms with E-state index in [1.165, 1.54) is 23.2 Å². The molecule has 1 unspecified atom stereocenters. The topological polar surface area (TPSA) is 88.8 Å². The zero-order chi connectivity index (χ0) is 25.9. The van der Waals surface area contributed by atoms with Crippen molar-refractivity contribution in [3.63, 3.8) is 0 Å². The number of carbonyl (C=O) groups is 2. The molecule has 0 aliphatic carbocycles. The lowest BCUT2D eigenvalue weighted by atomic mass is 9.97. The second-order valence-electron chi connectivity index (χ2n) is 10.4. The van der Waals surface area contributed by atoms with Crippen LogP contribution in [0.4, 0.5) is 8.78 Å². The zero-order valence-electron chi connectivity index (χ0n) is 20.9. The van der Waals surface area contributed by atoms with Crippen LogP contribution in [0.3, 0.4) is 0 Å². The van der Waals surface area contributed by atoms with Crippen LogP contribution in [0.25, 0.3) is 11.1 Å². The van der Waals surface area contributed by atoms with E-state index in [4.69, 9.17) is 10.5 Å². The van der Waals surface area contributed by atoms with E-state index in [0.29, 0.717) is 55.3 Å². The minimum Gasteiger partial charge on any atom is -0.493 e. The Morgan fingerprint density at radius 1 is 1.14 bits per heavy atom. The van der Waals surface area contributed by atoms with Gasteiger partial charge < -0.3 is 20.3 Å². The van der Waals surface area contributed by atoms with Crippen LogP contribution in [0, 0.1) is 11.7 Å². The monoisotopic (exact) mass is 500 g/mol. The average Bonchev–Trinajstić information content (AvgIpc) is 3.33. The van der Waals surface area contributed by atoms with E-state index in [0.717, 1.165) is 25.9 Å². The number of ether oxygens (including phenoxy) is 1. The first-order valence-corrected chi connectivity index (χ1v) is 12.5. The fourth-order valence-electron chi connectivity index (χ4n) is 5.01. The number of hydrogen-bond donors (Lipinski definition) is 1. The van der Waals surface area contributed by atoms with Crippen molar-refractivity contribution in [3.05, 3.63) is 48.0 Å². The molecule has 2 aliphatic rings. The molecule has 2 fully saturated rings. The molecule has 0 radical (unpaired) electrons. The Balaban J connectivity index is 1.33. The molecule has 1 aromatic carbocycles. The molecule has 2 N–H and O–H groups in total. The van der Waals surface area contributed by atoms with E-state index in [-0.39, 0.29) is 11.6 Å². The van der Waals surface area contributed by atoms with Crippen LogP contribution in [0.5, 0.6) is 5.75 Å². The highest BCUT2D eigenvalue weighted by atomic mass is 19.1. The summed E-state index contributed by atoms with van der Waals surface area (Å²) in [6, 6.07) is 7.28. The summed E-state index contributed by atoms with van der Waals surface area (Å²) in [5, 5.41) is 0. The molecule has 0 spiro atoms. The van der Waals surface area contributed by atoms with Crippen LogP contribution in [-0.4, -0.2) is 71.1 Å². The highest BCUT2D eigenvalue weighted by molar-refractivity contribution is 5.96. The summed E-state index contributed by atoms with van der Waals surface area (Å²) >= 11 is 0. The van der Waals surface area contributed by atoms with Crippen LogP contribution >= 0.6 is 0 Å². The summed E-state index contributed by atoms with van der Waals surface area (Å²) in [5.41, 5.74) is 5.28. The first kappa shape index (κ1) is 26.0. The van der Waals surface area contributed by atoms with Gasteiger partial charge in [-0.25, -0.2) is 8.78 Å². The average molecular weight is 501 g/mol. The number of nitrogens with two attached hydrogens (primary N) is 1. The van der Waals surface area contributed by atoms with Gasteiger partial charge in [-0.15, -0.1) is 0 Å². The molecular formula is C27H34F2N4O3. The van der Waals surface area contributed by atoms with Crippen molar-refractivity contribution >= 4 is 11.8 Å². The summed E-state index contributed by atoms with van der Waals surface area (Å²) in [7, 11) is 0. The van der Waals surface area contributed by atoms with E-state index in [9.17, 15) is 18.4 Å². The number of piperidine rings is 1. The number of halogens is 2. The minimum atomic E-state index is -1.20. The molecule has 4 rings (SSSR count). The third-order valence-corrected chi connectivity index (χ3v) is 6.87. The number of benzene rings is 1. The van der Waals surface area contributed by atoms with Gasteiger partial charge in [-0.3, -0.25) is 14.6 Å². The molecule has 2 saturated heterocycles. The second-order valence-corrected chi connectivity index (χ2v) is 10.4. The lowest BCUT2D eigenvalue weighted by Crippen LogP contribution is -2.43. The van der Waals surface area contributed by atoms with E-state index >= 15 is 0 Å². The Morgan fingerprint density at radius 2 is 1.89 bits per heavy atom. The number of pyridine rings is 1. The summed E-state index contributed by atoms with van der Waals surface area (Å²) < 4.78 is 34.6. The van der Waals surface area contributed by atoms with Crippen LogP contribution in [0.2, 0.25) is 0 Å². The lowest BCUT2D eigenvalue weighted by Gasteiger charge is -2.34. The lowest BCUT2D eigenvalue weighted by molar-refractivity contribution is -0.121. The molecule has 7 nitrogen and oxygen atoms in total. The Labute approximate surface area is 210 Å². The zero-order valence-corrected chi connectivity index (χ0v) is 20.9. The first-order valence-electron chi connectivity index (χ1n) is 12.5. The van der Waals surface area contributed by atoms with Gasteiger partial charge in [0.2, 0.25) is 5.91 Å². The number of nitrogens with zero attached hydrogens (tertiary/aromatic N) is 3.